The third kappa shape index (κ3) is 6.15. The van der Waals surface area contributed by atoms with Gasteiger partial charge in [-0.3, -0.25) is 4.79 Å². The minimum absolute atomic E-state index is 0. The van der Waals surface area contributed by atoms with Gasteiger partial charge in [-0.2, -0.15) is 0 Å². The molecule has 1 saturated heterocycles. The predicted molar refractivity (Wildman–Crippen MR) is 90.9 cm³/mol. The van der Waals surface area contributed by atoms with Crippen LogP contribution in [0.15, 0.2) is 30.3 Å². The van der Waals surface area contributed by atoms with Crippen LogP contribution in [0.1, 0.15) is 64.0 Å². The summed E-state index contributed by atoms with van der Waals surface area (Å²) < 4.78 is 0. The largest absolute Gasteiger partial charge is 1.00 e. The molecule has 0 bridgehead atoms. The molecule has 0 radical (unpaired) electrons. The molecule has 0 aromatic heterocycles. The van der Waals surface area contributed by atoms with Gasteiger partial charge in [0.15, 0.2) is 0 Å². The van der Waals surface area contributed by atoms with Crippen LogP contribution in [0.2, 0.25) is 0 Å². The van der Waals surface area contributed by atoms with Crippen LogP contribution < -0.4 is 22.6 Å². The van der Waals surface area contributed by atoms with Crippen LogP contribution in [0.25, 0.3) is 0 Å². The van der Waals surface area contributed by atoms with Crippen molar-refractivity contribution >= 4 is 5.91 Å². The Morgan fingerprint density at radius 2 is 2.00 bits per heavy atom. The van der Waals surface area contributed by atoms with Gasteiger partial charge in [0, 0.05) is 18.5 Å². The van der Waals surface area contributed by atoms with E-state index in [2.05, 4.69) is 49.5 Å². The van der Waals surface area contributed by atoms with Crippen molar-refractivity contribution in [2.75, 3.05) is 13.1 Å². The quantitative estimate of drug-likeness (QED) is 0.673. The summed E-state index contributed by atoms with van der Waals surface area (Å²) in [7, 11) is 0. The number of carbonyl (C=O) groups excluding carboxylic acids is 1. The van der Waals surface area contributed by atoms with Crippen molar-refractivity contribution in [3.05, 3.63) is 35.9 Å². The molecule has 1 aliphatic rings. The van der Waals surface area contributed by atoms with E-state index in [4.69, 9.17) is 0 Å². The number of hydrogen-bond acceptors (Lipinski definition) is 1. The van der Waals surface area contributed by atoms with Crippen molar-refractivity contribution in [3.63, 3.8) is 0 Å². The van der Waals surface area contributed by atoms with E-state index >= 15 is 0 Å². The summed E-state index contributed by atoms with van der Waals surface area (Å²) in [5.74, 6) is 0.235. The van der Waals surface area contributed by atoms with Crippen LogP contribution >= 0.6 is 0 Å². The summed E-state index contributed by atoms with van der Waals surface area (Å²) in [5, 5.41) is 3.05. The molecule has 2 N–H and O–H groups in total. The average molecular weight is 339 g/mol. The van der Waals surface area contributed by atoms with Gasteiger partial charge in [0.25, 0.3) is 0 Å². The number of quaternary nitrogens is 1. The number of amides is 1. The van der Waals surface area contributed by atoms with E-state index in [0.29, 0.717) is 18.5 Å². The van der Waals surface area contributed by atoms with Gasteiger partial charge in [-0.25, -0.2) is 0 Å². The summed E-state index contributed by atoms with van der Waals surface area (Å²) in [6.45, 7) is 6.53. The fourth-order valence-electron chi connectivity index (χ4n) is 3.61. The van der Waals surface area contributed by atoms with Gasteiger partial charge in [-0.15, -0.1) is 0 Å². The van der Waals surface area contributed by atoms with Gasteiger partial charge in [0.05, 0.1) is 19.0 Å². The smallest absolute Gasteiger partial charge is 0.225 e. The SMILES string of the molecule is CCCCC[C@@H]1CC(=O)NCCC[NH+]1[C@H](C)c1ccccc1.[Cl-]. The Balaban J connectivity index is 0.00000264. The number of nitrogens with one attached hydrogen (secondary N) is 2. The van der Waals surface area contributed by atoms with Gasteiger partial charge in [0.2, 0.25) is 5.91 Å². The standard InChI is InChI=1S/C19H30N2O.ClH/c1-3-4-6-12-18-15-19(22)20-13-9-14-21(18)16(2)17-10-7-5-8-11-17;/h5,7-8,10-11,16,18H,3-4,6,9,12-15H2,1-2H3,(H,20,22);1H/t16-,18-;/m1./s1. The van der Waals surface area contributed by atoms with Crippen LogP contribution in [0, 0.1) is 0 Å². The van der Waals surface area contributed by atoms with Gasteiger partial charge >= 0.3 is 0 Å². The molecule has 23 heavy (non-hydrogen) atoms. The van der Waals surface area contributed by atoms with Crippen molar-refractivity contribution in [1.82, 2.24) is 5.32 Å². The monoisotopic (exact) mass is 338 g/mol. The number of halogens is 1. The number of carbonyl (C=O) groups is 1. The number of unbranched alkanes of at least 4 members (excludes halogenated alkanes) is 2. The molecule has 2 rings (SSSR count). The Hall–Kier alpha value is -1.06. The second kappa shape index (κ2) is 10.7. The lowest BCUT2D eigenvalue weighted by atomic mass is 9.97. The van der Waals surface area contributed by atoms with Crippen molar-refractivity contribution < 1.29 is 22.1 Å². The van der Waals surface area contributed by atoms with Crippen LogP contribution in [0.5, 0.6) is 0 Å². The second-order valence-corrected chi connectivity index (χ2v) is 6.56. The molecule has 1 aliphatic heterocycles. The summed E-state index contributed by atoms with van der Waals surface area (Å²) in [4.78, 5) is 13.7. The highest BCUT2D eigenvalue weighted by Crippen LogP contribution is 2.12. The summed E-state index contributed by atoms with van der Waals surface area (Å²) in [5.41, 5.74) is 1.39. The maximum atomic E-state index is 12.1. The Morgan fingerprint density at radius 1 is 1.26 bits per heavy atom. The third-order valence-electron chi connectivity index (χ3n) is 4.93. The summed E-state index contributed by atoms with van der Waals surface area (Å²) in [6.07, 6.45) is 6.65. The highest BCUT2D eigenvalue weighted by molar-refractivity contribution is 5.76. The zero-order valence-electron chi connectivity index (χ0n) is 14.5. The molecular weight excluding hydrogens is 308 g/mol. The Kier molecular flexibility index (Phi) is 9.27. The van der Waals surface area contributed by atoms with E-state index in [-0.39, 0.29) is 18.3 Å². The molecule has 0 aliphatic carbocycles. The number of benzene rings is 1. The van der Waals surface area contributed by atoms with E-state index in [1.165, 1.54) is 24.8 Å². The first kappa shape index (κ1) is 20.0. The number of rotatable bonds is 6. The van der Waals surface area contributed by atoms with Crippen molar-refractivity contribution in [1.29, 1.82) is 0 Å². The molecule has 1 unspecified atom stereocenters. The van der Waals surface area contributed by atoms with Gasteiger partial charge < -0.3 is 22.6 Å². The van der Waals surface area contributed by atoms with E-state index in [1.807, 2.05) is 0 Å². The third-order valence-corrected chi connectivity index (χ3v) is 4.93. The Labute approximate surface area is 147 Å². The van der Waals surface area contributed by atoms with Crippen molar-refractivity contribution in [2.45, 2.75) is 64.5 Å². The topological polar surface area (TPSA) is 33.5 Å². The zero-order valence-corrected chi connectivity index (χ0v) is 15.2. The molecular formula is C19H31ClN2O. The summed E-state index contributed by atoms with van der Waals surface area (Å²) in [6, 6.07) is 11.7. The van der Waals surface area contributed by atoms with E-state index in [1.54, 1.807) is 4.90 Å². The van der Waals surface area contributed by atoms with Crippen LogP contribution in [0.3, 0.4) is 0 Å². The maximum Gasteiger partial charge on any atom is 0.225 e. The Morgan fingerprint density at radius 3 is 2.70 bits per heavy atom. The normalized spacial score (nSPS) is 23.1. The first-order valence-corrected chi connectivity index (χ1v) is 8.89. The molecule has 0 spiro atoms. The van der Waals surface area contributed by atoms with Crippen molar-refractivity contribution in [3.8, 4) is 0 Å². The lowest BCUT2D eigenvalue weighted by Gasteiger charge is -2.35. The minimum Gasteiger partial charge on any atom is -1.00 e. The number of hydrogen-bond donors (Lipinski definition) is 2. The van der Waals surface area contributed by atoms with E-state index in [9.17, 15) is 4.79 Å². The molecule has 130 valence electrons. The van der Waals surface area contributed by atoms with Gasteiger partial charge in [-0.05, 0) is 19.8 Å². The maximum absolute atomic E-state index is 12.1. The molecule has 1 fully saturated rings. The molecule has 3 nitrogen and oxygen atoms in total. The average Bonchev–Trinajstić information content (AvgIpc) is 2.53. The van der Waals surface area contributed by atoms with E-state index < -0.39 is 0 Å². The molecule has 3 atom stereocenters. The first-order chi connectivity index (χ1) is 10.7. The Bertz CT molecular complexity index is 452. The van der Waals surface area contributed by atoms with Gasteiger partial charge in [0.1, 0.15) is 6.04 Å². The van der Waals surface area contributed by atoms with E-state index in [0.717, 1.165) is 25.9 Å². The minimum atomic E-state index is 0. The molecule has 0 saturated carbocycles. The highest BCUT2D eigenvalue weighted by Gasteiger charge is 2.31. The second-order valence-electron chi connectivity index (χ2n) is 6.56. The summed E-state index contributed by atoms with van der Waals surface area (Å²) >= 11 is 0. The highest BCUT2D eigenvalue weighted by atomic mass is 35.5. The fraction of sp³-hybridized carbons (Fsp3) is 0.632. The predicted octanol–water partition coefficient (Wildman–Crippen LogP) is -0.505. The van der Waals surface area contributed by atoms with Crippen LogP contribution in [-0.2, 0) is 4.79 Å². The van der Waals surface area contributed by atoms with Crippen molar-refractivity contribution in [2.24, 2.45) is 0 Å². The lowest BCUT2D eigenvalue weighted by Crippen LogP contribution is -3.16. The molecule has 1 heterocycles. The molecule has 1 aromatic rings. The zero-order chi connectivity index (χ0) is 15.8. The molecule has 4 heteroatoms. The molecule has 1 amide bonds. The lowest BCUT2D eigenvalue weighted by molar-refractivity contribution is -0.954. The first-order valence-electron chi connectivity index (χ1n) is 8.89. The fourth-order valence-corrected chi connectivity index (χ4v) is 3.61. The molecule has 1 aromatic carbocycles. The van der Waals surface area contributed by atoms with Crippen LogP contribution in [0.4, 0.5) is 0 Å². The van der Waals surface area contributed by atoms with Crippen LogP contribution in [-0.4, -0.2) is 25.0 Å². The van der Waals surface area contributed by atoms with Gasteiger partial charge in [-0.1, -0.05) is 50.1 Å².